The molecule has 0 aliphatic heterocycles. The van der Waals surface area contributed by atoms with Crippen molar-refractivity contribution in [3.63, 3.8) is 0 Å². The second-order valence-electron chi connectivity index (χ2n) is 15.5. The summed E-state index contributed by atoms with van der Waals surface area (Å²) in [7, 11) is 0. The summed E-state index contributed by atoms with van der Waals surface area (Å²) in [5.74, 6) is 3.72. The zero-order valence-corrected chi connectivity index (χ0v) is 23.6. The van der Waals surface area contributed by atoms with Gasteiger partial charge in [-0.2, -0.15) is 0 Å². The molecule has 34 heavy (non-hydrogen) atoms. The van der Waals surface area contributed by atoms with E-state index >= 15 is 0 Å². The summed E-state index contributed by atoms with van der Waals surface area (Å²) in [5.41, 5.74) is 3.25. The van der Waals surface area contributed by atoms with Gasteiger partial charge in [0.2, 0.25) is 0 Å². The van der Waals surface area contributed by atoms with Crippen molar-refractivity contribution in [3.05, 3.63) is 12.2 Å². The Labute approximate surface area is 210 Å². The van der Waals surface area contributed by atoms with Gasteiger partial charge >= 0.3 is 5.97 Å². The summed E-state index contributed by atoms with van der Waals surface area (Å²) in [5, 5.41) is 0. The first-order valence-corrected chi connectivity index (χ1v) is 14.5. The Kier molecular flexibility index (Phi) is 5.57. The standard InChI is InChI=1S/C32H52O2/c1-20-12-15-28(3,4)24-18-22-10-11-26-30(7)16-14-27(34-21(2)33)29(5,6)25(30)13-17-31(26,8)32(22,9)19-23(20)24/h22-27H,1,10-19H2,2-9H3/t22-,23-,24-,25+,26-,27+,30+,31-,32-/m1/s1. The Bertz CT molecular complexity index is 868. The van der Waals surface area contributed by atoms with Crippen molar-refractivity contribution in [3.8, 4) is 0 Å². The maximum Gasteiger partial charge on any atom is 0.302 e. The van der Waals surface area contributed by atoms with Crippen LogP contribution in [-0.4, -0.2) is 12.1 Å². The Morgan fingerprint density at radius 3 is 2.26 bits per heavy atom. The Hall–Kier alpha value is -0.790. The summed E-state index contributed by atoms with van der Waals surface area (Å²) in [6.45, 7) is 24.2. The van der Waals surface area contributed by atoms with E-state index < -0.39 is 0 Å². The van der Waals surface area contributed by atoms with Gasteiger partial charge in [0, 0.05) is 12.3 Å². The predicted molar refractivity (Wildman–Crippen MR) is 140 cm³/mol. The zero-order chi connectivity index (χ0) is 24.9. The van der Waals surface area contributed by atoms with E-state index in [0.717, 1.165) is 30.1 Å². The molecule has 5 rings (SSSR count). The van der Waals surface area contributed by atoms with Gasteiger partial charge < -0.3 is 4.74 Å². The smallest absolute Gasteiger partial charge is 0.302 e. The van der Waals surface area contributed by atoms with Crippen molar-refractivity contribution in [2.45, 2.75) is 126 Å². The molecule has 192 valence electrons. The molecule has 0 saturated heterocycles. The summed E-state index contributed by atoms with van der Waals surface area (Å²) in [4.78, 5) is 11.9. The number of carbonyl (C=O) groups is 1. The molecule has 0 bridgehead atoms. The van der Waals surface area contributed by atoms with Crippen molar-refractivity contribution in [1.29, 1.82) is 0 Å². The third-order valence-corrected chi connectivity index (χ3v) is 13.6. The van der Waals surface area contributed by atoms with Gasteiger partial charge in [0.25, 0.3) is 0 Å². The minimum Gasteiger partial charge on any atom is -0.462 e. The second-order valence-corrected chi connectivity index (χ2v) is 15.5. The molecule has 0 aromatic rings. The van der Waals surface area contributed by atoms with Gasteiger partial charge in [-0.1, -0.05) is 60.6 Å². The van der Waals surface area contributed by atoms with Crippen molar-refractivity contribution in [1.82, 2.24) is 0 Å². The number of hydrogen-bond acceptors (Lipinski definition) is 2. The molecule has 0 heterocycles. The molecule has 5 aliphatic carbocycles. The molecule has 5 saturated carbocycles. The van der Waals surface area contributed by atoms with E-state index in [0.29, 0.717) is 27.6 Å². The topological polar surface area (TPSA) is 26.3 Å². The predicted octanol–water partition coefficient (Wildman–Crippen LogP) is 8.60. The van der Waals surface area contributed by atoms with Crippen LogP contribution in [0, 0.1) is 56.7 Å². The van der Waals surface area contributed by atoms with Crippen LogP contribution in [0.5, 0.6) is 0 Å². The van der Waals surface area contributed by atoms with Gasteiger partial charge in [0.05, 0.1) is 0 Å². The van der Waals surface area contributed by atoms with E-state index in [1.807, 2.05) is 0 Å². The van der Waals surface area contributed by atoms with Crippen LogP contribution in [0.2, 0.25) is 0 Å². The number of ether oxygens (including phenoxy) is 1. The highest BCUT2D eigenvalue weighted by atomic mass is 16.5. The maximum atomic E-state index is 11.9. The highest BCUT2D eigenvalue weighted by molar-refractivity contribution is 5.66. The van der Waals surface area contributed by atoms with E-state index in [-0.39, 0.29) is 17.5 Å². The van der Waals surface area contributed by atoms with Crippen LogP contribution in [0.1, 0.15) is 120 Å². The molecule has 0 aromatic heterocycles. The van der Waals surface area contributed by atoms with Crippen LogP contribution < -0.4 is 0 Å². The summed E-state index contributed by atoms with van der Waals surface area (Å²) in [6.07, 6.45) is 13.1. The zero-order valence-electron chi connectivity index (χ0n) is 23.6. The van der Waals surface area contributed by atoms with Gasteiger partial charge in [0.1, 0.15) is 6.10 Å². The largest absolute Gasteiger partial charge is 0.462 e. The number of hydrogen-bond donors (Lipinski definition) is 0. The quantitative estimate of drug-likeness (QED) is 0.284. The maximum absolute atomic E-state index is 11.9. The summed E-state index contributed by atoms with van der Waals surface area (Å²) >= 11 is 0. The van der Waals surface area contributed by atoms with Crippen LogP contribution in [0.3, 0.4) is 0 Å². The molecule has 0 aromatic carbocycles. The number of allylic oxidation sites excluding steroid dienone is 1. The van der Waals surface area contributed by atoms with Crippen molar-refractivity contribution in [2.24, 2.45) is 56.7 Å². The van der Waals surface area contributed by atoms with Crippen molar-refractivity contribution >= 4 is 5.97 Å². The lowest BCUT2D eigenvalue weighted by Crippen LogP contribution is -2.66. The molecule has 0 N–H and O–H groups in total. The first-order valence-electron chi connectivity index (χ1n) is 14.5. The SMILES string of the molecule is C=C1CCC(C)(C)[C@@H]2C[C@H]3CC[C@@H]4[C@@]5(C)CC[C@H](OC(C)=O)C(C)(C)[C@@H]5CC[C@@]4(C)[C@]3(C)C[C@H]12. The highest BCUT2D eigenvalue weighted by Crippen LogP contribution is 2.75. The third kappa shape index (κ3) is 3.21. The molecule has 0 radical (unpaired) electrons. The first-order chi connectivity index (χ1) is 15.7. The molecular formula is C32H52O2. The number of esters is 1. The van der Waals surface area contributed by atoms with Gasteiger partial charge in [-0.3, -0.25) is 4.79 Å². The molecular weight excluding hydrogens is 416 g/mol. The molecule has 2 nitrogen and oxygen atoms in total. The molecule has 0 spiro atoms. The average Bonchev–Trinajstić information content (AvgIpc) is 2.72. The lowest BCUT2D eigenvalue weighted by Gasteiger charge is -2.72. The molecule has 0 amide bonds. The fourth-order valence-electron chi connectivity index (χ4n) is 11.4. The third-order valence-electron chi connectivity index (χ3n) is 13.6. The van der Waals surface area contributed by atoms with Crippen LogP contribution >= 0.6 is 0 Å². The average molecular weight is 469 g/mol. The normalized spacial score (nSPS) is 51.4. The van der Waals surface area contributed by atoms with E-state index in [9.17, 15) is 4.79 Å². The Balaban J connectivity index is 1.48. The summed E-state index contributed by atoms with van der Waals surface area (Å²) in [6, 6.07) is 0. The van der Waals surface area contributed by atoms with Crippen LogP contribution in [0.4, 0.5) is 0 Å². The second kappa shape index (κ2) is 7.61. The lowest BCUT2D eigenvalue weighted by molar-refractivity contribution is -0.243. The van der Waals surface area contributed by atoms with E-state index in [1.165, 1.54) is 57.8 Å². The van der Waals surface area contributed by atoms with Crippen LogP contribution in [0.25, 0.3) is 0 Å². The van der Waals surface area contributed by atoms with Gasteiger partial charge in [-0.25, -0.2) is 0 Å². The van der Waals surface area contributed by atoms with E-state index in [2.05, 4.69) is 55.0 Å². The van der Waals surface area contributed by atoms with Crippen LogP contribution in [-0.2, 0) is 9.53 Å². The number of fused-ring (bicyclic) bond motifs is 6. The molecule has 2 heteroatoms. The minimum absolute atomic E-state index is 0.0527. The Morgan fingerprint density at radius 1 is 0.882 bits per heavy atom. The molecule has 5 fully saturated rings. The Morgan fingerprint density at radius 2 is 1.59 bits per heavy atom. The molecule has 5 aliphatic rings. The van der Waals surface area contributed by atoms with E-state index in [1.54, 1.807) is 12.5 Å². The molecule has 9 atom stereocenters. The van der Waals surface area contributed by atoms with Crippen molar-refractivity contribution < 1.29 is 9.53 Å². The first kappa shape index (κ1) is 24.9. The van der Waals surface area contributed by atoms with Gasteiger partial charge in [-0.15, -0.1) is 0 Å². The van der Waals surface area contributed by atoms with Gasteiger partial charge in [-0.05, 0) is 115 Å². The molecule has 0 unspecified atom stereocenters. The monoisotopic (exact) mass is 468 g/mol. The highest BCUT2D eigenvalue weighted by Gasteiger charge is 2.68. The number of rotatable bonds is 1. The van der Waals surface area contributed by atoms with Crippen LogP contribution in [0.15, 0.2) is 12.2 Å². The minimum atomic E-state index is -0.109. The fourth-order valence-corrected chi connectivity index (χ4v) is 11.4. The van der Waals surface area contributed by atoms with E-state index in [4.69, 9.17) is 4.74 Å². The van der Waals surface area contributed by atoms with Crippen molar-refractivity contribution in [2.75, 3.05) is 0 Å². The fraction of sp³-hybridized carbons (Fsp3) is 0.906. The number of carbonyl (C=O) groups excluding carboxylic acids is 1. The summed E-state index contributed by atoms with van der Waals surface area (Å²) < 4.78 is 5.91. The lowest BCUT2D eigenvalue weighted by atomic mass is 9.32. The van der Waals surface area contributed by atoms with Gasteiger partial charge in [0.15, 0.2) is 0 Å².